The van der Waals surface area contributed by atoms with Crippen LogP contribution in [0.15, 0.2) is 53.4 Å². The molecule has 238 valence electrons. The number of nitrogens with zero attached hydrogens (tertiary/aromatic N) is 4. The van der Waals surface area contributed by atoms with Gasteiger partial charge in [-0.25, -0.2) is 8.42 Å². The van der Waals surface area contributed by atoms with Crippen LogP contribution in [-0.4, -0.2) is 65.4 Å². The summed E-state index contributed by atoms with van der Waals surface area (Å²) in [4.78, 5) is 23.4. The SMILES string of the molecule is CCC(=O)Cc1ccc(S(=O)(=O)N2CCC(Nc3nc(Nc4cccc(C(F)(F)F)c4)nc(OCC(F)(F)F)n3)CC2)cc1. The number of carbonyl (C=O) groups is 1. The number of benzene rings is 2. The van der Waals surface area contributed by atoms with Gasteiger partial charge in [0.2, 0.25) is 21.9 Å². The zero-order valence-electron chi connectivity index (χ0n) is 23.2. The van der Waals surface area contributed by atoms with E-state index in [2.05, 4.69) is 30.3 Å². The van der Waals surface area contributed by atoms with Crippen LogP contribution in [0.1, 0.15) is 37.3 Å². The molecule has 0 atom stereocenters. The van der Waals surface area contributed by atoms with Crippen molar-refractivity contribution in [1.29, 1.82) is 0 Å². The van der Waals surface area contributed by atoms with Crippen molar-refractivity contribution in [1.82, 2.24) is 19.3 Å². The maximum Gasteiger partial charge on any atom is 0.422 e. The molecular weight excluding hydrogens is 618 g/mol. The molecule has 1 saturated heterocycles. The van der Waals surface area contributed by atoms with E-state index < -0.39 is 46.6 Å². The van der Waals surface area contributed by atoms with E-state index in [0.717, 1.165) is 18.2 Å². The molecule has 1 aromatic heterocycles. The number of nitrogens with one attached hydrogen (secondary N) is 2. The largest absolute Gasteiger partial charge is 0.454 e. The first kappa shape index (κ1) is 32.9. The van der Waals surface area contributed by atoms with E-state index in [1.54, 1.807) is 19.1 Å². The number of carbonyl (C=O) groups excluding carboxylic acids is 1. The minimum Gasteiger partial charge on any atom is -0.454 e. The van der Waals surface area contributed by atoms with Gasteiger partial charge in [0, 0.05) is 37.7 Å². The molecule has 44 heavy (non-hydrogen) atoms. The van der Waals surface area contributed by atoms with Gasteiger partial charge in [0.1, 0.15) is 5.78 Å². The normalized spacial score (nSPS) is 15.2. The maximum absolute atomic E-state index is 13.2. The molecule has 0 spiro atoms. The Labute approximate surface area is 248 Å². The Balaban J connectivity index is 1.45. The topological polar surface area (TPSA) is 126 Å². The molecule has 1 aliphatic heterocycles. The summed E-state index contributed by atoms with van der Waals surface area (Å²) in [5.41, 5.74) is -0.341. The lowest BCUT2D eigenvalue weighted by Gasteiger charge is -2.31. The van der Waals surface area contributed by atoms with Crippen molar-refractivity contribution in [2.75, 3.05) is 30.3 Å². The molecule has 4 rings (SSSR count). The van der Waals surface area contributed by atoms with E-state index in [0.29, 0.717) is 12.0 Å². The predicted molar refractivity (Wildman–Crippen MR) is 147 cm³/mol. The number of rotatable bonds is 11. The number of ketones is 1. The van der Waals surface area contributed by atoms with Gasteiger partial charge in [0.25, 0.3) is 0 Å². The summed E-state index contributed by atoms with van der Waals surface area (Å²) in [6.45, 7) is 0.241. The minimum absolute atomic E-state index is 0.0333. The van der Waals surface area contributed by atoms with Crippen LogP contribution in [0.4, 0.5) is 43.9 Å². The fourth-order valence-corrected chi connectivity index (χ4v) is 5.76. The Bertz CT molecular complexity index is 1560. The molecule has 2 N–H and O–H groups in total. The number of piperidine rings is 1. The van der Waals surface area contributed by atoms with Crippen molar-refractivity contribution >= 4 is 33.4 Å². The molecule has 0 saturated carbocycles. The quantitative estimate of drug-likeness (QED) is 0.265. The molecule has 0 bridgehead atoms. The van der Waals surface area contributed by atoms with Crippen LogP contribution in [0.3, 0.4) is 0 Å². The second-order valence-electron chi connectivity index (χ2n) is 9.91. The van der Waals surface area contributed by atoms with Gasteiger partial charge in [-0.2, -0.15) is 45.6 Å². The number of halogens is 6. The van der Waals surface area contributed by atoms with E-state index >= 15 is 0 Å². The highest BCUT2D eigenvalue weighted by Crippen LogP contribution is 2.31. The molecule has 17 heteroatoms. The molecule has 0 unspecified atom stereocenters. The van der Waals surface area contributed by atoms with Gasteiger partial charge in [-0.3, -0.25) is 4.79 Å². The Morgan fingerprint density at radius 2 is 1.64 bits per heavy atom. The van der Waals surface area contributed by atoms with Crippen molar-refractivity contribution in [3.63, 3.8) is 0 Å². The lowest BCUT2D eigenvalue weighted by molar-refractivity contribution is -0.154. The molecular formula is C27H28F6N6O4S. The Kier molecular flexibility index (Phi) is 9.98. The lowest BCUT2D eigenvalue weighted by Crippen LogP contribution is -2.42. The average molecular weight is 647 g/mol. The Morgan fingerprint density at radius 1 is 0.977 bits per heavy atom. The fraction of sp³-hybridized carbons (Fsp3) is 0.407. The summed E-state index contributed by atoms with van der Waals surface area (Å²) in [5, 5.41) is 5.45. The highest BCUT2D eigenvalue weighted by molar-refractivity contribution is 7.89. The fourth-order valence-electron chi connectivity index (χ4n) is 4.29. The van der Waals surface area contributed by atoms with Crippen molar-refractivity contribution < 1.29 is 44.3 Å². The first-order chi connectivity index (χ1) is 20.6. The Hall–Kier alpha value is -3.99. The molecule has 0 radical (unpaired) electrons. The number of sulfonamides is 1. The number of anilines is 3. The molecule has 0 aliphatic carbocycles. The van der Waals surface area contributed by atoms with Crippen LogP contribution in [-0.2, 0) is 27.4 Å². The summed E-state index contributed by atoms with van der Waals surface area (Å²) in [5.74, 6) is -0.556. The van der Waals surface area contributed by atoms with Crippen molar-refractivity contribution in [2.45, 2.75) is 55.9 Å². The van der Waals surface area contributed by atoms with Crippen LogP contribution in [0.25, 0.3) is 0 Å². The molecule has 2 aromatic carbocycles. The summed E-state index contributed by atoms with van der Waals surface area (Å²) in [6.07, 6.45) is -8.19. The van der Waals surface area contributed by atoms with Gasteiger partial charge in [-0.05, 0) is 48.7 Å². The zero-order chi connectivity index (χ0) is 32.1. The van der Waals surface area contributed by atoms with E-state index in [4.69, 9.17) is 0 Å². The van der Waals surface area contributed by atoms with Gasteiger partial charge in [-0.1, -0.05) is 25.1 Å². The number of ether oxygens (including phenoxy) is 1. The van der Waals surface area contributed by atoms with E-state index in [9.17, 15) is 39.6 Å². The molecule has 2 heterocycles. The van der Waals surface area contributed by atoms with E-state index in [1.165, 1.54) is 22.5 Å². The molecule has 1 aliphatic rings. The van der Waals surface area contributed by atoms with Crippen molar-refractivity contribution in [3.8, 4) is 6.01 Å². The highest BCUT2D eigenvalue weighted by Gasteiger charge is 2.32. The monoisotopic (exact) mass is 646 g/mol. The minimum atomic E-state index is -4.71. The summed E-state index contributed by atoms with van der Waals surface area (Å²) >= 11 is 0. The van der Waals surface area contributed by atoms with Gasteiger partial charge in [0.05, 0.1) is 10.5 Å². The number of hydrogen-bond donors (Lipinski definition) is 2. The van der Waals surface area contributed by atoms with Crippen molar-refractivity contribution in [3.05, 3.63) is 59.7 Å². The van der Waals surface area contributed by atoms with Gasteiger partial charge >= 0.3 is 18.4 Å². The molecule has 3 aromatic rings. The zero-order valence-corrected chi connectivity index (χ0v) is 24.1. The highest BCUT2D eigenvalue weighted by atomic mass is 32.2. The van der Waals surface area contributed by atoms with Crippen LogP contribution < -0.4 is 15.4 Å². The van der Waals surface area contributed by atoms with E-state index in [1.807, 2.05) is 0 Å². The smallest absolute Gasteiger partial charge is 0.422 e. The maximum atomic E-state index is 13.2. The van der Waals surface area contributed by atoms with Crippen molar-refractivity contribution in [2.24, 2.45) is 0 Å². The second kappa shape index (κ2) is 13.3. The number of Topliss-reactive ketones (excluding diaryl/α,β-unsaturated/α-hetero) is 1. The molecule has 1 fully saturated rings. The van der Waals surface area contributed by atoms with Crippen LogP contribution in [0.5, 0.6) is 6.01 Å². The van der Waals surface area contributed by atoms with Crippen LogP contribution >= 0.6 is 0 Å². The first-order valence-electron chi connectivity index (χ1n) is 13.4. The summed E-state index contributed by atoms with van der Waals surface area (Å²) < 4.78 is 110. The van der Waals surface area contributed by atoms with Crippen LogP contribution in [0.2, 0.25) is 0 Å². The predicted octanol–water partition coefficient (Wildman–Crippen LogP) is 5.36. The third-order valence-corrected chi connectivity index (χ3v) is 8.48. The van der Waals surface area contributed by atoms with Crippen LogP contribution in [0, 0.1) is 0 Å². The standard InChI is InChI=1S/C27H28F6N6O4S/c1-2-21(40)14-17-6-8-22(9-7-17)44(41,42)39-12-10-19(11-13-39)34-23-36-24(38-25(37-23)43-16-26(28,29)30)35-20-5-3-4-18(15-20)27(31,32)33/h3-9,15,19H,2,10-14,16H2,1H3,(H2,34,35,36,37,38). The van der Waals surface area contributed by atoms with Gasteiger partial charge in [-0.15, -0.1) is 0 Å². The first-order valence-corrected chi connectivity index (χ1v) is 14.8. The number of alkyl halides is 6. The Morgan fingerprint density at radius 3 is 2.25 bits per heavy atom. The lowest BCUT2D eigenvalue weighted by atomic mass is 10.1. The number of hydrogen-bond acceptors (Lipinski definition) is 9. The molecule has 10 nitrogen and oxygen atoms in total. The second-order valence-corrected chi connectivity index (χ2v) is 11.8. The van der Waals surface area contributed by atoms with Gasteiger partial charge in [0.15, 0.2) is 6.61 Å². The average Bonchev–Trinajstić information content (AvgIpc) is 2.96. The summed E-state index contributed by atoms with van der Waals surface area (Å²) in [6, 6.07) is 9.02. The molecule has 0 amide bonds. The number of aromatic nitrogens is 3. The third kappa shape index (κ3) is 9.01. The summed E-state index contributed by atoms with van der Waals surface area (Å²) in [7, 11) is -3.83. The van der Waals surface area contributed by atoms with Gasteiger partial charge < -0.3 is 15.4 Å². The third-order valence-electron chi connectivity index (χ3n) is 6.57. The van der Waals surface area contributed by atoms with E-state index in [-0.39, 0.29) is 60.6 Å².